The van der Waals surface area contributed by atoms with Crippen LogP contribution in [-0.2, 0) is 6.54 Å². The molecule has 1 N–H and O–H groups in total. The van der Waals surface area contributed by atoms with Gasteiger partial charge in [0.05, 0.1) is 10.9 Å². The molecule has 0 aliphatic heterocycles. The summed E-state index contributed by atoms with van der Waals surface area (Å²) in [6.45, 7) is 0.369. The Hall–Kier alpha value is -2.21. The number of aromatic nitrogens is 5. The first kappa shape index (κ1) is 10.9. The maximum atomic E-state index is 11.9. The fourth-order valence-corrected chi connectivity index (χ4v) is 1.87. The molecule has 0 amide bonds. The number of hydrogen-bond donors (Lipinski definition) is 1. The third-order valence-corrected chi connectivity index (χ3v) is 2.73. The standard InChI is InChI=1S/C11H8ClN5O/c12-7-1-2-9-8(3-7)11(18)16-10(15-9)4-17-6-13-5-14-17/h1-3,5-6H,4H2,(H,15,16,18). The van der Waals surface area contributed by atoms with Crippen LogP contribution < -0.4 is 5.56 Å². The van der Waals surface area contributed by atoms with Crippen LogP contribution in [0.3, 0.4) is 0 Å². The van der Waals surface area contributed by atoms with Crippen molar-refractivity contribution in [2.24, 2.45) is 0 Å². The first-order valence-corrected chi connectivity index (χ1v) is 5.61. The first-order chi connectivity index (χ1) is 8.72. The first-order valence-electron chi connectivity index (χ1n) is 5.23. The summed E-state index contributed by atoms with van der Waals surface area (Å²) in [5, 5.41) is 4.95. The smallest absolute Gasteiger partial charge is 0.258 e. The topological polar surface area (TPSA) is 76.5 Å². The molecule has 0 unspecified atom stereocenters. The Morgan fingerprint density at radius 3 is 3.06 bits per heavy atom. The Labute approximate surface area is 106 Å². The van der Waals surface area contributed by atoms with E-state index >= 15 is 0 Å². The molecule has 6 nitrogen and oxygen atoms in total. The molecule has 3 aromatic rings. The Bertz CT molecular complexity index is 750. The largest absolute Gasteiger partial charge is 0.308 e. The van der Waals surface area contributed by atoms with Gasteiger partial charge in [-0.2, -0.15) is 5.10 Å². The molecule has 0 spiro atoms. The van der Waals surface area contributed by atoms with Crippen LogP contribution in [0.15, 0.2) is 35.6 Å². The van der Waals surface area contributed by atoms with Crippen LogP contribution in [-0.4, -0.2) is 24.7 Å². The minimum absolute atomic E-state index is 0.211. The average Bonchev–Trinajstić information content (AvgIpc) is 2.83. The summed E-state index contributed by atoms with van der Waals surface area (Å²) in [6.07, 6.45) is 2.99. The minimum Gasteiger partial charge on any atom is -0.308 e. The molecule has 0 radical (unpaired) electrons. The molecule has 0 aliphatic rings. The second-order valence-corrected chi connectivity index (χ2v) is 4.20. The van der Waals surface area contributed by atoms with E-state index in [1.165, 1.54) is 6.33 Å². The van der Waals surface area contributed by atoms with Crippen LogP contribution in [0.1, 0.15) is 5.82 Å². The average molecular weight is 262 g/mol. The van der Waals surface area contributed by atoms with Gasteiger partial charge < -0.3 is 4.98 Å². The van der Waals surface area contributed by atoms with Gasteiger partial charge in [0.2, 0.25) is 0 Å². The van der Waals surface area contributed by atoms with Gasteiger partial charge in [0.25, 0.3) is 5.56 Å². The number of rotatable bonds is 2. The summed E-state index contributed by atoms with van der Waals surface area (Å²) >= 11 is 5.84. The van der Waals surface area contributed by atoms with Gasteiger partial charge in [-0.3, -0.25) is 4.79 Å². The second kappa shape index (κ2) is 4.23. The molecule has 0 aliphatic carbocycles. The lowest BCUT2D eigenvalue weighted by Crippen LogP contribution is -2.14. The van der Waals surface area contributed by atoms with Crippen LogP contribution in [0.5, 0.6) is 0 Å². The maximum Gasteiger partial charge on any atom is 0.258 e. The predicted octanol–water partition coefficient (Wildman–Crippen LogP) is 1.22. The summed E-state index contributed by atoms with van der Waals surface area (Å²) in [5.41, 5.74) is 0.399. The van der Waals surface area contributed by atoms with Crippen LogP contribution in [0.2, 0.25) is 5.02 Å². The van der Waals surface area contributed by atoms with E-state index < -0.39 is 0 Å². The molecule has 0 atom stereocenters. The molecular formula is C11H8ClN5O. The lowest BCUT2D eigenvalue weighted by atomic mass is 10.2. The third kappa shape index (κ3) is 1.98. The molecule has 0 saturated carbocycles. The molecule has 2 aromatic heterocycles. The maximum absolute atomic E-state index is 11.9. The van der Waals surface area contributed by atoms with Crippen molar-refractivity contribution in [3.63, 3.8) is 0 Å². The van der Waals surface area contributed by atoms with Gasteiger partial charge in [0.1, 0.15) is 25.0 Å². The van der Waals surface area contributed by atoms with E-state index in [-0.39, 0.29) is 5.56 Å². The highest BCUT2D eigenvalue weighted by atomic mass is 35.5. The van der Waals surface area contributed by atoms with E-state index in [1.807, 2.05) is 0 Å². The third-order valence-electron chi connectivity index (χ3n) is 2.49. The van der Waals surface area contributed by atoms with Crippen LogP contribution in [0, 0.1) is 0 Å². The van der Waals surface area contributed by atoms with Gasteiger partial charge in [-0.15, -0.1) is 0 Å². The number of benzene rings is 1. The number of nitrogens with zero attached hydrogens (tertiary/aromatic N) is 4. The monoisotopic (exact) mass is 261 g/mol. The lowest BCUT2D eigenvalue weighted by Gasteiger charge is -2.03. The van der Waals surface area contributed by atoms with Crippen molar-refractivity contribution in [1.82, 2.24) is 24.7 Å². The van der Waals surface area contributed by atoms with Crippen molar-refractivity contribution in [2.75, 3.05) is 0 Å². The van der Waals surface area contributed by atoms with Crippen molar-refractivity contribution in [3.05, 3.63) is 52.1 Å². The summed E-state index contributed by atoms with van der Waals surface area (Å²) in [5.74, 6) is 0.528. The van der Waals surface area contributed by atoms with Crippen molar-refractivity contribution in [3.8, 4) is 0 Å². The highest BCUT2D eigenvalue weighted by molar-refractivity contribution is 6.31. The van der Waals surface area contributed by atoms with E-state index in [9.17, 15) is 4.79 Å². The van der Waals surface area contributed by atoms with Crippen LogP contribution >= 0.6 is 11.6 Å². The Balaban J connectivity index is 2.10. The molecular weight excluding hydrogens is 254 g/mol. The molecule has 90 valence electrons. The van der Waals surface area contributed by atoms with E-state index in [4.69, 9.17) is 11.6 Å². The van der Waals surface area contributed by atoms with Crippen molar-refractivity contribution < 1.29 is 0 Å². The Morgan fingerprint density at radius 1 is 1.39 bits per heavy atom. The number of halogens is 1. The van der Waals surface area contributed by atoms with Crippen molar-refractivity contribution in [2.45, 2.75) is 6.54 Å². The van der Waals surface area contributed by atoms with E-state index in [2.05, 4.69) is 20.1 Å². The zero-order valence-electron chi connectivity index (χ0n) is 9.17. The lowest BCUT2D eigenvalue weighted by molar-refractivity contribution is 0.654. The molecule has 0 fully saturated rings. The van der Waals surface area contributed by atoms with Gasteiger partial charge in [-0.1, -0.05) is 11.6 Å². The van der Waals surface area contributed by atoms with Crippen LogP contribution in [0.4, 0.5) is 0 Å². The Kier molecular flexibility index (Phi) is 2.56. The van der Waals surface area contributed by atoms with E-state index in [0.29, 0.717) is 28.3 Å². The second-order valence-electron chi connectivity index (χ2n) is 3.77. The van der Waals surface area contributed by atoms with Gasteiger partial charge in [0, 0.05) is 5.02 Å². The van der Waals surface area contributed by atoms with Gasteiger partial charge in [-0.25, -0.2) is 14.6 Å². The quantitative estimate of drug-likeness (QED) is 0.752. The highest BCUT2D eigenvalue weighted by Crippen LogP contribution is 2.14. The number of hydrogen-bond acceptors (Lipinski definition) is 4. The number of H-pyrrole nitrogens is 1. The molecule has 3 rings (SSSR count). The van der Waals surface area contributed by atoms with Gasteiger partial charge in [-0.05, 0) is 18.2 Å². The molecule has 0 saturated heterocycles. The molecule has 2 heterocycles. The fraction of sp³-hybridized carbons (Fsp3) is 0.0909. The normalized spacial score (nSPS) is 10.9. The number of aromatic amines is 1. The Morgan fingerprint density at radius 2 is 2.28 bits per heavy atom. The van der Waals surface area contributed by atoms with E-state index in [0.717, 1.165) is 0 Å². The minimum atomic E-state index is -0.211. The number of nitrogens with one attached hydrogen (secondary N) is 1. The molecule has 1 aromatic carbocycles. The summed E-state index contributed by atoms with van der Waals surface area (Å²) in [7, 11) is 0. The highest BCUT2D eigenvalue weighted by Gasteiger charge is 2.05. The summed E-state index contributed by atoms with van der Waals surface area (Å²) in [4.78, 5) is 22.8. The number of fused-ring (bicyclic) bond motifs is 1. The molecule has 7 heteroatoms. The van der Waals surface area contributed by atoms with Crippen LogP contribution in [0.25, 0.3) is 10.9 Å². The SMILES string of the molecule is O=c1[nH]c(Cn2cncn2)nc2ccc(Cl)cc12. The van der Waals surface area contributed by atoms with Gasteiger partial charge in [0.15, 0.2) is 0 Å². The fourth-order valence-electron chi connectivity index (χ4n) is 1.70. The summed E-state index contributed by atoms with van der Waals surface area (Å²) < 4.78 is 1.58. The van der Waals surface area contributed by atoms with Gasteiger partial charge >= 0.3 is 0 Å². The zero-order chi connectivity index (χ0) is 12.5. The zero-order valence-corrected chi connectivity index (χ0v) is 9.92. The van der Waals surface area contributed by atoms with Crippen molar-refractivity contribution in [1.29, 1.82) is 0 Å². The molecule has 18 heavy (non-hydrogen) atoms. The summed E-state index contributed by atoms with van der Waals surface area (Å²) in [6, 6.07) is 5.02. The van der Waals surface area contributed by atoms with Crippen molar-refractivity contribution >= 4 is 22.5 Å². The molecule has 0 bridgehead atoms. The predicted molar refractivity (Wildman–Crippen MR) is 66.5 cm³/mol. The van der Waals surface area contributed by atoms with E-state index in [1.54, 1.807) is 29.2 Å².